The lowest BCUT2D eigenvalue weighted by molar-refractivity contribution is -0.132. The van der Waals surface area contributed by atoms with E-state index in [0.717, 1.165) is 44.8 Å². The van der Waals surface area contributed by atoms with Crippen molar-refractivity contribution in [1.82, 2.24) is 9.80 Å². The Labute approximate surface area is 170 Å². The van der Waals surface area contributed by atoms with Crippen LogP contribution in [0.3, 0.4) is 0 Å². The first-order valence-electron chi connectivity index (χ1n) is 11.2. The summed E-state index contributed by atoms with van der Waals surface area (Å²) in [5.41, 5.74) is 1.72. The molecule has 4 nitrogen and oxygen atoms in total. The van der Waals surface area contributed by atoms with E-state index in [4.69, 9.17) is 4.74 Å². The highest BCUT2D eigenvalue weighted by molar-refractivity contribution is 5.82. The second-order valence-electron chi connectivity index (χ2n) is 9.39. The Kier molecular flexibility index (Phi) is 5.96. The van der Waals surface area contributed by atoms with Crippen LogP contribution in [0.15, 0.2) is 24.3 Å². The lowest BCUT2D eigenvalue weighted by Crippen LogP contribution is -2.40. The Morgan fingerprint density at radius 2 is 1.93 bits per heavy atom. The number of hydrogen-bond acceptors (Lipinski definition) is 3. The Bertz CT molecular complexity index is 675. The van der Waals surface area contributed by atoms with Gasteiger partial charge < -0.3 is 14.5 Å². The molecule has 0 radical (unpaired) electrons. The zero-order chi connectivity index (χ0) is 19.6. The van der Waals surface area contributed by atoms with Gasteiger partial charge in [0.1, 0.15) is 5.75 Å². The maximum absolute atomic E-state index is 12.8. The number of ether oxygens (including phenoxy) is 1. The van der Waals surface area contributed by atoms with Crippen molar-refractivity contribution in [1.29, 1.82) is 0 Å². The molecule has 1 aromatic rings. The highest BCUT2D eigenvalue weighted by atomic mass is 16.5. The number of piperidine rings is 1. The molecular formula is C24H36N2O2. The molecule has 4 rings (SSSR count). The van der Waals surface area contributed by atoms with E-state index in [1.165, 1.54) is 44.1 Å². The van der Waals surface area contributed by atoms with Gasteiger partial charge in [-0.25, -0.2) is 0 Å². The Hall–Kier alpha value is -1.55. The van der Waals surface area contributed by atoms with Crippen LogP contribution in [0.4, 0.5) is 0 Å². The highest BCUT2D eigenvalue weighted by Gasteiger charge is 2.59. The number of likely N-dealkylation sites (tertiary alicyclic amines) is 1. The van der Waals surface area contributed by atoms with Gasteiger partial charge in [-0.15, -0.1) is 0 Å². The summed E-state index contributed by atoms with van der Waals surface area (Å²) in [6.45, 7) is 4.34. The zero-order valence-electron chi connectivity index (χ0n) is 17.7. The van der Waals surface area contributed by atoms with Crippen LogP contribution in [-0.2, 0) is 11.2 Å². The molecule has 1 aliphatic heterocycles. The number of amides is 1. The molecule has 0 N–H and O–H groups in total. The van der Waals surface area contributed by atoms with Gasteiger partial charge in [-0.05, 0) is 74.6 Å². The van der Waals surface area contributed by atoms with Gasteiger partial charge in [-0.3, -0.25) is 4.79 Å². The third-order valence-electron chi connectivity index (χ3n) is 7.59. The van der Waals surface area contributed by atoms with E-state index in [1.54, 1.807) is 7.11 Å². The van der Waals surface area contributed by atoms with Crippen molar-refractivity contribution < 1.29 is 9.53 Å². The van der Waals surface area contributed by atoms with Gasteiger partial charge in [0.2, 0.25) is 5.91 Å². The molecule has 1 saturated heterocycles. The molecule has 2 aliphatic carbocycles. The van der Waals surface area contributed by atoms with Crippen LogP contribution in [0.2, 0.25) is 0 Å². The van der Waals surface area contributed by atoms with E-state index in [0.29, 0.717) is 23.2 Å². The minimum absolute atomic E-state index is 0.348. The van der Waals surface area contributed by atoms with E-state index in [-0.39, 0.29) is 0 Å². The number of hydrogen-bond donors (Lipinski definition) is 0. The fraction of sp³-hybridized carbons (Fsp3) is 0.708. The maximum atomic E-state index is 12.8. The summed E-state index contributed by atoms with van der Waals surface area (Å²) in [6.07, 6.45) is 9.87. The van der Waals surface area contributed by atoms with Gasteiger partial charge in [0, 0.05) is 26.1 Å². The van der Waals surface area contributed by atoms with Gasteiger partial charge in [0.15, 0.2) is 0 Å². The summed E-state index contributed by atoms with van der Waals surface area (Å²) in [4.78, 5) is 17.5. The van der Waals surface area contributed by atoms with Gasteiger partial charge >= 0.3 is 0 Å². The molecule has 154 valence electrons. The molecule has 2 saturated carbocycles. The average molecular weight is 385 g/mol. The third kappa shape index (κ3) is 4.22. The van der Waals surface area contributed by atoms with E-state index in [1.807, 2.05) is 19.2 Å². The smallest absolute Gasteiger partial charge is 0.226 e. The highest BCUT2D eigenvalue weighted by Crippen LogP contribution is 2.63. The monoisotopic (exact) mass is 384 g/mol. The third-order valence-corrected chi connectivity index (χ3v) is 7.59. The van der Waals surface area contributed by atoms with Crippen molar-refractivity contribution in [3.8, 4) is 5.75 Å². The molecule has 1 spiro atoms. The molecule has 3 aliphatic rings. The summed E-state index contributed by atoms with van der Waals surface area (Å²) in [5, 5.41) is 0. The maximum Gasteiger partial charge on any atom is 0.226 e. The standard InChI is InChI=1S/C24H36N2O2/c1-25(23(27)21-17-24(21)12-5-6-13-24)18-19-9-14-26(15-10-19)16-11-20-7-3-4-8-22(20)28-2/h3-4,7-8,19,21H,5-6,9-18H2,1-2H3/t21-/m0/s1. The van der Waals surface area contributed by atoms with E-state index in [9.17, 15) is 4.79 Å². The van der Waals surface area contributed by atoms with E-state index < -0.39 is 0 Å². The molecule has 1 amide bonds. The SMILES string of the molecule is COc1ccccc1CCN1CCC(CN(C)C(=O)[C@@H]2CC23CCCC3)CC1. The van der Waals surface area contributed by atoms with Crippen LogP contribution in [0.25, 0.3) is 0 Å². The predicted molar refractivity (Wildman–Crippen MR) is 113 cm³/mol. The summed E-state index contributed by atoms with van der Waals surface area (Å²) >= 11 is 0. The molecule has 4 heteroatoms. The minimum Gasteiger partial charge on any atom is -0.496 e. The molecule has 1 atom stereocenters. The first kappa shape index (κ1) is 19.8. The summed E-state index contributed by atoms with van der Waals surface area (Å²) in [5.74, 6) is 2.44. The summed E-state index contributed by atoms with van der Waals surface area (Å²) < 4.78 is 5.47. The summed E-state index contributed by atoms with van der Waals surface area (Å²) in [7, 11) is 3.79. The van der Waals surface area contributed by atoms with Crippen molar-refractivity contribution >= 4 is 5.91 Å². The van der Waals surface area contributed by atoms with Crippen LogP contribution in [0.5, 0.6) is 5.75 Å². The van der Waals surface area contributed by atoms with Crippen LogP contribution in [0, 0.1) is 17.3 Å². The number of methoxy groups -OCH3 is 1. The Morgan fingerprint density at radius 1 is 1.21 bits per heavy atom. The van der Waals surface area contributed by atoms with Crippen LogP contribution >= 0.6 is 0 Å². The zero-order valence-corrected chi connectivity index (χ0v) is 17.7. The number of carbonyl (C=O) groups excluding carboxylic acids is 1. The van der Waals surface area contributed by atoms with Gasteiger partial charge in [-0.1, -0.05) is 31.0 Å². The lowest BCUT2D eigenvalue weighted by atomic mass is 9.95. The number of rotatable bonds is 7. The van der Waals surface area contributed by atoms with Gasteiger partial charge in [-0.2, -0.15) is 0 Å². The normalized spacial score (nSPS) is 24.4. The Balaban J connectivity index is 1.18. The first-order chi connectivity index (χ1) is 13.6. The van der Waals surface area contributed by atoms with Crippen molar-refractivity contribution in [3.63, 3.8) is 0 Å². The second-order valence-corrected chi connectivity index (χ2v) is 9.39. The lowest BCUT2D eigenvalue weighted by Gasteiger charge is -2.34. The number of benzene rings is 1. The largest absolute Gasteiger partial charge is 0.496 e. The van der Waals surface area contributed by atoms with Crippen LogP contribution in [0.1, 0.15) is 50.5 Å². The molecular weight excluding hydrogens is 348 g/mol. The van der Waals surface area contributed by atoms with E-state index >= 15 is 0 Å². The fourth-order valence-corrected chi connectivity index (χ4v) is 5.65. The average Bonchev–Trinajstić information content (AvgIpc) is 3.22. The first-order valence-corrected chi connectivity index (χ1v) is 11.2. The topological polar surface area (TPSA) is 32.8 Å². The molecule has 0 aromatic heterocycles. The van der Waals surface area contributed by atoms with Crippen LogP contribution < -0.4 is 4.74 Å². The minimum atomic E-state index is 0.348. The quantitative estimate of drug-likeness (QED) is 0.713. The molecule has 1 heterocycles. The number of carbonyl (C=O) groups is 1. The Morgan fingerprint density at radius 3 is 2.64 bits per heavy atom. The van der Waals surface area contributed by atoms with Crippen LogP contribution in [-0.4, -0.2) is 56.0 Å². The van der Waals surface area contributed by atoms with Gasteiger partial charge in [0.25, 0.3) is 0 Å². The number of para-hydroxylation sites is 1. The molecule has 28 heavy (non-hydrogen) atoms. The fourth-order valence-electron chi connectivity index (χ4n) is 5.65. The van der Waals surface area contributed by atoms with Crippen molar-refractivity contribution in [2.75, 3.05) is 40.3 Å². The van der Waals surface area contributed by atoms with Gasteiger partial charge in [0.05, 0.1) is 7.11 Å². The second kappa shape index (κ2) is 8.44. The molecule has 0 unspecified atom stereocenters. The van der Waals surface area contributed by atoms with E-state index in [2.05, 4.69) is 21.9 Å². The predicted octanol–water partition coefficient (Wildman–Crippen LogP) is 3.99. The van der Waals surface area contributed by atoms with Crippen molar-refractivity contribution in [2.24, 2.45) is 17.3 Å². The molecule has 1 aromatic carbocycles. The van der Waals surface area contributed by atoms with Crippen molar-refractivity contribution in [2.45, 2.75) is 51.4 Å². The van der Waals surface area contributed by atoms with Crippen molar-refractivity contribution in [3.05, 3.63) is 29.8 Å². The summed E-state index contributed by atoms with van der Waals surface area (Å²) in [6, 6.07) is 8.33. The number of nitrogens with zero attached hydrogens (tertiary/aromatic N) is 2. The molecule has 3 fully saturated rings. The molecule has 0 bridgehead atoms.